The zero-order valence-corrected chi connectivity index (χ0v) is 32.9. The SMILES string of the molecule is O=C(C=Cc1ccc2cc(OCc3ccccc3)c(N3CC(=O)NS3(O)O)c(F)c2c1)NC1CCN(C(=O)COc2cccc3c2CN(C2CCC(=O)NC2=O)C3=O)CC1. The van der Waals surface area contributed by atoms with E-state index in [1.165, 1.54) is 23.1 Å². The number of anilines is 1. The molecular weight excluding hydrogens is 800 g/mol. The maximum Gasteiger partial charge on any atom is 0.260 e. The van der Waals surface area contributed by atoms with Gasteiger partial charge in [-0.05, 0) is 77.1 Å². The van der Waals surface area contributed by atoms with Crippen molar-refractivity contribution >= 4 is 68.9 Å². The standard InChI is InChI=1S/C42H41FN6O10S/c43-39-30-19-25(9-11-27(30)20-34(58-23-26-5-2-1-3-6-26)40(39)49-22-37(52)46-60(49,56)57)10-13-35(50)44-28-15-17-47(18-16-28)38(53)24-59-33-8-4-7-29-31(33)21-48(42(29)55)32-12-14-36(51)45-41(32)54/h1-11,13,19-20,28,32,56-57H,12,14-18,21-24H2,(H,44,50)(H,46,52)(H,45,51,54). The molecule has 4 aromatic rings. The van der Waals surface area contributed by atoms with Crippen molar-refractivity contribution in [2.24, 2.45) is 0 Å². The van der Waals surface area contributed by atoms with Gasteiger partial charge in [-0.1, -0.05) is 48.5 Å². The molecule has 5 N–H and O–H groups in total. The molecule has 16 nitrogen and oxygen atoms in total. The Labute approximate surface area is 344 Å². The average Bonchev–Trinajstić information content (AvgIpc) is 3.71. The van der Waals surface area contributed by atoms with Crippen molar-refractivity contribution in [2.45, 2.75) is 50.9 Å². The summed E-state index contributed by atoms with van der Waals surface area (Å²) in [5, 5.41) is 5.78. The number of ether oxygens (including phenoxy) is 2. The summed E-state index contributed by atoms with van der Waals surface area (Å²) in [6.07, 6.45) is 4.21. The van der Waals surface area contributed by atoms with E-state index in [4.69, 9.17) is 9.47 Å². The summed E-state index contributed by atoms with van der Waals surface area (Å²) in [5.41, 5.74) is 1.95. The van der Waals surface area contributed by atoms with E-state index in [1.54, 1.807) is 41.3 Å². The maximum absolute atomic E-state index is 16.4. The van der Waals surface area contributed by atoms with Gasteiger partial charge in [-0.25, -0.2) is 13.4 Å². The number of piperidine rings is 2. The van der Waals surface area contributed by atoms with Crippen LogP contribution in [0.15, 0.2) is 78.9 Å². The summed E-state index contributed by atoms with van der Waals surface area (Å²) < 4.78 is 52.5. The number of likely N-dealkylation sites (tertiary alicyclic amines) is 1. The number of halogens is 1. The molecule has 4 aliphatic rings. The number of imide groups is 1. The molecule has 60 heavy (non-hydrogen) atoms. The van der Waals surface area contributed by atoms with Gasteiger partial charge >= 0.3 is 0 Å². The van der Waals surface area contributed by atoms with Gasteiger partial charge in [0.05, 0.1) is 6.54 Å². The van der Waals surface area contributed by atoms with E-state index < -0.39 is 41.2 Å². The smallest absolute Gasteiger partial charge is 0.260 e. The fraction of sp³-hybridized carbons (Fsp3) is 0.286. The van der Waals surface area contributed by atoms with Crippen LogP contribution in [0, 0.1) is 5.82 Å². The molecule has 18 heteroatoms. The quantitative estimate of drug-likeness (QED) is 0.108. The van der Waals surface area contributed by atoms with E-state index >= 15 is 4.39 Å². The molecule has 0 saturated carbocycles. The van der Waals surface area contributed by atoms with Crippen LogP contribution in [0.5, 0.6) is 11.5 Å². The van der Waals surface area contributed by atoms with Crippen LogP contribution in [0.1, 0.15) is 52.7 Å². The Balaban J connectivity index is 0.865. The summed E-state index contributed by atoms with van der Waals surface area (Å²) >= 11 is 0. The lowest BCUT2D eigenvalue weighted by molar-refractivity contribution is -0.137. The minimum atomic E-state index is -3.88. The van der Waals surface area contributed by atoms with Crippen molar-refractivity contribution in [3.63, 3.8) is 0 Å². The summed E-state index contributed by atoms with van der Waals surface area (Å²) in [4.78, 5) is 78.5. The second kappa shape index (κ2) is 16.6. The Morgan fingerprint density at radius 1 is 0.900 bits per heavy atom. The third-order valence-electron chi connectivity index (χ3n) is 10.9. The normalized spacial score (nSPS) is 19.6. The predicted octanol–water partition coefficient (Wildman–Crippen LogP) is 4.04. The van der Waals surface area contributed by atoms with Crippen LogP contribution in [0.2, 0.25) is 0 Å². The monoisotopic (exact) mass is 840 g/mol. The first kappa shape index (κ1) is 40.3. The lowest BCUT2D eigenvalue weighted by atomic mass is 10.0. The molecule has 0 spiro atoms. The van der Waals surface area contributed by atoms with Gasteiger partial charge < -0.3 is 24.6 Å². The highest BCUT2D eigenvalue weighted by Gasteiger charge is 2.41. The van der Waals surface area contributed by atoms with Gasteiger partial charge in [-0.15, -0.1) is 0 Å². The maximum atomic E-state index is 16.4. The molecule has 3 saturated heterocycles. The van der Waals surface area contributed by atoms with Gasteiger partial charge in [0.25, 0.3) is 17.7 Å². The van der Waals surface area contributed by atoms with Crippen molar-refractivity contribution in [1.29, 1.82) is 0 Å². The molecule has 4 aromatic carbocycles. The number of rotatable bonds is 11. The number of carbonyl (C=O) groups is 6. The zero-order valence-electron chi connectivity index (χ0n) is 32.1. The zero-order chi connectivity index (χ0) is 42.1. The number of nitrogens with one attached hydrogen (secondary N) is 3. The van der Waals surface area contributed by atoms with Crippen molar-refractivity contribution in [2.75, 3.05) is 30.5 Å². The third-order valence-corrected chi connectivity index (χ3v) is 12.3. The van der Waals surface area contributed by atoms with E-state index in [0.29, 0.717) is 53.8 Å². The Bertz CT molecular complexity index is 2440. The first-order valence-corrected chi connectivity index (χ1v) is 20.8. The summed E-state index contributed by atoms with van der Waals surface area (Å²) in [5.74, 6) is -3.02. The van der Waals surface area contributed by atoms with Crippen LogP contribution >= 0.6 is 11.0 Å². The highest BCUT2D eigenvalue weighted by Crippen LogP contribution is 2.51. The number of carbonyl (C=O) groups excluding carboxylic acids is 6. The molecule has 3 fully saturated rings. The molecule has 8 rings (SSSR count). The molecule has 4 aliphatic heterocycles. The molecule has 1 unspecified atom stereocenters. The van der Waals surface area contributed by atoms with Gasteiger partial charge in [-0.3, -0.25) is 43.2 Å². The van der Waals surface area contributed by atoms with Crippen LogP contribution in [-0.4, -0.2) is 92.7 Å². The molecule has 0 aromatic heterocycles. The van der Waals surface area contributed by atoms with Crippen LogP contribution in [0.4, 0.5) is 10.1 Å². The number of hydrogen-bond donors (Lipinski definition) is 5. The molecule has 0 bridgehead atoms. The first-order valence-electron chi connectivity index (χ1n) is 19.3. The predicted molar refractivity (Wildman–Crippen MR) is 218 cm³/mol. The van der Waals surface area contributed by atoms with Gasteiger partial charge in [0.1, 0.15) is 36.4 Å². The van der Waals surface area contributed by atoms with Crippen molar-refractivity contribution in [3.05, 3.63) is 107 Å². The molecule has 0 aliphatic carbocycles. The highest BCUT2D eigenvalue weighted by molar-refractivity contribution is 8.24. The number of fused-ring (bicyclic) bond motifs is 2. The minimum absolute atomic E-state index is 0.0143. The Morgan fingerprint density at radius 3 is 2.42 bits per heavy atom. The second-order valence-corrected chi connectivity index (χ2v) is 16.5. The number of nitrogens with zero attached hydrogens (tertiary/aromatic N) is 3. The third kappa shape index (κ3) is 8.34. The average molecular weight is 841 g/mol. The van der Waals surface area contributed by atoms with Gasteiger partial charge in [-0.2, -0.15) is 0 Å². The number of amides is 6. The second-order valence-electron chi connectivity index (χ2n) is 14.8. The van der Waals surface area contributed by atoms with E-state index in [9.17, 15) is 37.9 Å². The van der Waals surface area contributed by atoms with E-state index in [-0.39, 0.29) is 79.1 Å². The Morgan fingerprint density at radius 2 is 1.68 bits per heavy atom. The number of benzene rings is 4. The molecule has 312 valence electrons. The van der Waals surface area contributed by atoms with E-state index in [0.717, 1.165) is 9.87 Å². The lowest BCUT2D eigenvalue weighted by Crippen LogP contribution is -2.52. The fourth-order valence-corrected chi connectivity index (χ4v) is 9.00. The van der Waals surface area contributed by atoms with Crippen molar-refractivity contribution in [1.82, 2.24) is 25.2 Å². The largest absolute Gasteiger partial charge is 0.487 e. The summed E-state index contributed by atoms with van der Waals surface area (Å²) in [6.45, 7) is 0.150. The van der Waals surface area contributed by atoms with E-state index in [2.05, 4.69) is 15.4 Å². The molecule has 0 radical (unpaired) electrons. The minimum Gasteiger partial charge on any atom is -0.487 e. The summed E-state index contributed by atoms with van der Waals surface area (Å²) in [7, 11) is -3.88. The van der Waals surface area contributed by atoms with E-state index in [1.807, 2.05) is 30.3 Å². The van der Waals surface area contributed by atoms with Crippen molar-refractivity contribution < 1.29 is 51.7 Å². The van der Waals surface area contributed by atoms with Gasteiger partial charge in [0, 0.05) is 48.1 Å². The van der Waals surface area contributed by atoms with Crippen LogP contribution < -0.4 is 29.1 Å². The summed E-state index contributed by atoms with van der Waals surface area (Å²) in [6, 6.07) is 19.5. The Hall–Kier alpha value is -6.50. The molecule has 6 amide bonds. The Kier molecular flexibility index (Phi) is 11.2. The van der Waals surface area contributed by atoms with Gasteiger partial charge in [0.15, 0.2) is 12.4 Å². The van der Waals surface area contributed by atoms with Gasteiger partial charge in [0.2, 0.25) is 17.7 Å². The van der Waals surface area contributed by atoms with Crippen LogP contribution in [0.25, 0.3) is 16.8 Å². The van der Waals surface area contributed by atoms with Crippen LogP contribution in [-0.2, 0) is 37.1 Å². The molecule has 4 heterocycles. The number of hydrogen-bond acceptors (Lipinski definition) is 11. The molecule has 1 atom stereocenters. The van der Waals surface area contributed by atoms with Crippen molar-refractivity contribution in [3.8, 4) is 11.5 Å². The first-order chi connectivity index (χ1) is 28.8. The topological polar surface area (TPSA) is 207 Å². The fourth-order valence-electron chi connectivity index (χ4n) is 7.80. The highest BCUT2D eigenvalue weighted by atomic mass is 32.3. The molecular formula is C42H41FN6O10S. The lowest BCUT2D eigenvalue weighted by Gasteiger charge is -2.37. The van der Waals surface area contributed by atoms with Crippen LogP contribution in [0.3, 0.4) is 0 Å².